The van der Waals surface area contributed by atoms with E-state index < -0.39 is 25.3 Å². The lowest BCUT2D eigenvalue weighted by Crippen LogP contribution is -2.52. The van der Waals surface area contributed by atoms with Crippen LogP contribution in [0.4, 0.5) is 4.79 Å². The Balaban J connectivity index is 1.68. The monoisotopic (exact) mass is 519 g/mol. The first-order chi connectivity index (χ1) is 18.1. The van der Waals surface area contributed by atoms with Gasteiger partial charge in [-0.05, 0) is 62.9 Å². The molecule has 1 heterocycles. The second-order valence-electron chi connectivity index (χ2n) is 9.69. The van der Waals surface area contributed by atoms with Gasteiger partial charge >= 0.3 is 13.2 Å². The van der Waals surface area contributed by atoms with Gasteiger partial charge in [-0.15, -0.1) is 0 Å². The van der Waals surface area contributed by atoms with Crippen molar-refractivity contribution in [3.63, 3.8) is 0 Å². The minimum Gasteiger partial charge on any atom is -0.442 e. The lowest BCUT2D eigenvalue weighted by molar-refractivity contribution is -0.139. The van der Waals surface area contributed by atoms with E-state index in [9.17, 15) is 24.9 Å². The molecule has 1 aliphatic heterocycles. The number of carbonyl (C=O) groups is 2. The zero-order valence-electron chi connectivity index (χ0n) is 22.1. The number of amides is 2. The van der Waals surface area contributed by atoms with Crippen LogP contribution in [-0.4, -0.2) is 65.3 Å². The van der Waals surface area contributed by atoms with Gasteiger partial charge < -0.3 is 29.7 Å². The van der Waals surface area contributed by atoms with E-state index >= 15 is 0 Å². The van der Waals surface area contributed by atoms with E-state index in [1.807, 2.05) is 51.1 Å². The number of carbonyl (C=O) groups excluding carboxylic acids is 2. The van der Waals surface area contributed by atoms with Crippen LogP contribution in [0.15, 0.2) is 54.1 Å². The third kappa shape index (κ3) is 7.68. The summed E-state index contributed by atoms with van der Waals surface area (Å²) in [5.41, 5.74) is 3.17. The van der Waals surface area contributed by atoms with E-state index in [1.165, 1.54) is 6.08 Å². The molecule has 1 saturated heterocycles. The Bertz CT molecular complexity index is 1180. The standard InChI is InChI=1S/C28H34BN3O6/c1-18-8-10-22(11-9-18)14-26(29(35)36)31-28(34)38-21(4)24-7-5-6-23(12-24)13-25(15-30)27(33)32-19(2)16-37-17-20(32)3/h5-13,19-21,26,35-36H,14,16-17H2,1-4H3,(H,31,34)/t19-,20-,21?,26-/m0/s1. The number of rotatable bonds is 8. The molecule has 0 radical (unpaired) electrons. The second kappa shape index (κ2) is 13.2. The number of hydrogen-bond acceptors (Lipinski definition) is 7. The number of alkyl carbamates (subject to hydrolysis) is 1. The molecule has 1 unspecified atom stereocenters. The minimum absolute atomic E-state index is 0.00458. The molecular weight excluding hydrogens is 485 g/mol. The smallest absolute Gasteiger partial charge is 0.442 e. The number of hydrogen-bond donors (Lipinski definition) is 3. The average molecular weight is 519 g/mol. The molecule has 0 spiro atoms. The Morgan fingerprint density at radius 1 is 1.21 bits per heavy atom. The van der Waals surface area contributed by atoms with Crippen molar-refractivity contribution in [1.29, 1.82) is 5.26 Å². The highest BCUT2D eigenvalue weighted by molar-refractivity contribution is 6.43. The number of nitrogens with zero attached hydrogens (tertiary/aromatic N) is 2. The largest absolute Gasteiger partial charge is 0.475 e. The maximum absolute atomic E-state index is 13.1. The predicted molar refractivity (Wildman–Crippen MR) is 144 cm³/mol. The fourth-order valence-corrected chi connectivity index (χ4v) is 4.38. The first-order valence-corrected chi connectivity index (χ1v) is 12.6. The second-order valence-corrected chi connectivity index (χ2v) is 9.69. The van der Waals surface area contributed by atoms with Crippen molar-refractivity contribution in [1.82, 2.24) is 10.2 Å². The summed E-state index contributed by atoms with van der Waals surface area (Å²) in [6, 6.07) is 16.3. The highest BCUT2D eigenvalue weighted by atomic mass is 16.6. The molecule has 2 aromatic carbocycles. The van der Waals surface area contributed by atoms with Crippen LogP contribution >= 0.6 is 0 Å². The van der Waals surface area contributed by atoms with Gasteiger partial charge in [-0.2, -0.15) is 5.26 Å². The Morgan fingerprint density at radius 3 is 2.47 bits per heavy atom. The molecule has 1 aliphatic rings. The molecule has 2 aromatic rings. The topological polar surface area (TPSA) is 132 Å². The summed E-state index contributed by atoms with van der Waals surface area (Å²) in [4.78, 5) is 27.3. The van der Waals surface area contributed by atoms with Crippen molar-refractivity contribution >= 4 is 25.2 Å². The van der Waals surface area contributed by atoms with Crippen molar-refractivity contribution < 1.29 is 29.1 Å². The van der Waals surface area contributed by atoms with Crippen LogP contribution in [0.25, 0.3) is 6.08 Å². The van der Waals surface area contributed by atoms with E-state index in [1.54, 1.807) is 36.1 Å². The third-order valence-corrected chi connectivity index (χ3v) is 6.47. The van der Waals surface area contributed by atoms with Crippen LogP contribution in [0.2, 0.25) is 0 Å². The van der Waals surface area contributed by atoms with E-state index in [-0.39, 0.29) is 30.0 Å². The lowest BCUT2D eigenvalue weighted by Gasteiger charge is -2.38. The van der Waals surface area contributed by atoms with Gasteiger partial charge in [-0.3, -0.25) is 4.79 Å². The van der Waals surface area contributed by atoms with E-state index in [2.05, 4.69) is 5.32 Å². The highest BCUT2D eigenvalue weighted by Crippen LogP contribution is 2.22. The summed E-state index contributed by atoms with van der Waals surface area (Å²) in [5, 5.41) is 31.7. The van der Waals surface area contributed by atoms with Crippen LogP contribution < -0.4 is 5.32 Å². The zero-order chi connectivity index (χ0) is 27.8. The molecule has 3 rings (SSSR count). The van der Waals surface area contributed by atoms with Crippen molar-refractivity contribution in [2.75, 3.05) is 13.2 Å². The van der Waals surface area contributed by atoms with Crippen LogP contribution in [0.1, 0.15) is 49.1 Å². The number of benzene rings is 2. The fourth-order valence-electron chi connectivity index (χ4n) is 4.38. The van der Waals surface area contributed by atoms with Gasteiger partial charge in [-0.25, -0.2) is 4.79 Å². The Labute approximate surface area is 223 Å². The molecule has 1 fully saturated rings. The molecule has 3 N–H and O–H groups in total. The summed E-state index contributed by atoms with van der Waals surface area (Å²) < 4.78 is 11.0. The van der Waals surface area contributed by atoms with E-state index in [0.29, 0.717) is 24.3 Å². The molecule has 0 aromatic heterocycles. The summed E-state index contributed by atoms with van der Waals surface area (Å²) in [6.07, 6.45) is 0.256. The van der Waals surface area contributed by atoms with Crippen molar-refractivity contribution in [2.45, 2.75) is 58.2 Å². The van der Waals surface area contributed by atoms with E-state index in [0.717, 1.165) is 11.1 Å². The summed E-state index contributed by atoms with van der Waals surface area (Å²) >= 11 is 0. The normalized spacial score (nSPS) is 19.2. The number of nitriles is 1. The lowest BCUT2D eigenvalue weighted by atomic mass is 9.76. The number of morpholine rings is 1. The molecule has 200 valence electrons. The Morgan fingerprint density at radius 2 is 1.87 bits per heavy atom. The minimum atomic E-state index is -1.77. The van der Waals surface area contributed by atoms with Crippen molar-refractivity contribution in [3.8, 4) is 6.07 Å². The van der Waals surface area contributed by atoms with Gasteiger partial charge in [0, 0.05) is 0 Å². The first kappa shape index (κ1) is 28.9. The summed E-state index contributed by atoms with van der Waals surface area (Å²) in [6.45, 7) is 8.23. The molecule has 10 heteroatoms. The van der Waals surface area contributed by atoms with Crippen LogP contribution in [0.5, 0.6) is 0 Å². The van der Waals surface area contributed by atoms with Gasteiger partial charge in [0.05, 0.1) is 31.2 Å². The van der Waals surface area contributed by atoms with Crippen molar-refractivity contribution in [3.05, 3.63) is 76.4 Å². The Hall–Kier alpha value is -3.65. The van der Waals surface area contributed by atoms with Gasteiger partial charge in [-0.1, -0.05) is 48.0 Å². The summed E-state index contributed by atoms with van der Waals surface area (Å²) in [7, 11) is -1.77. The maximum atomic E-state index is 13.1. The molecule has 0 bridgehead atoms. The number of ether oxygens (including phenoxy) is 2. The molecule has 4 atom stereocenters. The highest BCUT2D eigenvalue weighted by Gasteiger charge is 2.31. The van der Waals surface area contributed by atoms with Gasteiger partial charge in [0.2, 0.25) is 0 Å². The molecule has 0 aliphatic carbocycles. The average Bonchev–Trinajstić information content (AvgIpc) is 2.88. The first-order valence-electron chi connectivity index (χ1n) is 12.6. The molecular formula is C28H34BN3O6. The molecule has 2 amide bonds. The fraction of sp³-hybridized carbons (Fsp3) is 0.393. The van der Waals surface area contributed by atoms with Crippen LogP contribution in [-0.2, 0) is 20.7 Å². The van der Waals surface area contributed by atoms with Crippen LogP contribution in [0, 0.1) is 18.3 Å². The zero-order valence-corrected chi connectivity index (χ0v) is 22.1. The van der Waals surface area contributed by atoms with Crippen molar-refractivity contribution in [2.24, 2.45) is 0 Å². The van der Waals surface area contributed by atoms with Gasteiger partial charge in [0.15, 0.2) is 0 Å². The third-order valence-electron chi connectivity index (χ3n) is 6.47. The number of nitrogens with one attached hydrogen (secondary N) is 1. The molecule has 0 saturated carbocycles. The number of aryl methyl sites for hydroxylation is 1. The molecule has 9 nitrogen and oxygen atoms in total. The summed E-state index contributed by atoms with van der Waals surface area (Å²) in [5.74, 6) is -1.31. The Kier molecular flexibility index (Phi) is 10.1. The SMILES string of the molecule is Cc1ccc(C[C@H](NC(=O)OC(C)c2cccc(C=C(C#N)C(=O)N3[C@@H](C)COC[C@@H]3C)c2)B(O)O)cc1. The molecule has 38 heavy (non-hydrogen) atoms. The maximum Gasteiger partial charge on any atom is 0.475 e. The predicted octanol–water partition coefficient (Wildman–Crippen LogP) is 2.95. The van der Waals surface area contributed by atoms with Gasteiger partial charge in [0.25, 0.3) is 5.91 Å². The van der Waals surface area contributed by atoms with Gasteiger partial charge in [0.1, 0.15) is 17.7 Å². The van der Waals surface area contributed by atoms with Crippen LogP contribution in [0.3, 0.4) is 0 Å². The van der Waals surface area contributed by atoms with E-state index in [4.69, 9.17) is 9.47 Å². The quantitative estimate of drug-likeness (QED) is 0.278.